The Morgan fingerprint density at radius 2 is 1.95 bits per heavy atom. The number of hydrogen-bond donors (Lipinski definition) is 1. The van der Waals surface area contributed by atoms with Gasteiger partial charge in [0.25, 0.3) is 0 Å². The van der Waals surface area contributed by atoms with E-state index in [-0.39, 0.29) is 12.2 Å². The molecule has 1 saturated carbocycles. The van der Waals surface area contributed by atoms with Crippen LogP contribution in [0.1, 0.15) is 66.2 Å². The van der Waals surface area contributed by atoms with Crippen LogP contribution in [0.25, 0.3) is 0 Å². The molecule has 1 aliphatic carbocycles. The molecule has 0 bridgehead atoms. The molecule has 2 aliphatic rings. The van der Waals surface area contributed by atoms with Crippen LogP contribution in [-0.4, -0.2) is 29.6 Å². The van der Waals surface area contributed by atoms with Crippen LogP contribution in [0.3, 0.4) is 0 Å². The maximum absolute atomic E-state index is 12.6. The van der Waals surface area contributed by atoms with Gasteiger partial charge in [-0.3, -0.25) is 10.1 Å². The van der Waals surface area contributed by atoms with Crippen LogP contribution < -0.4 is 5.32 Å². The molecule has 1 amide bonds. The summed E-state index contributed by atoms with van der Waals surface area (Å²) in [6, 6.07) is 0.0251. The molecule has 0 radical (unpaired) electrons. The van der Waals surface area contributed by atoms with Crippen LogP contribution in [-0.2, 0) is 4.79 Å². The summed E-state index contributed by atoms with van der Waals surface area (Å²) in [7, 11) is 0. The molecule has 0 aromatic heterocycles. The van der Waals surface area contributed by atoms with Gasteiger partial charge in [-0.25, -0.2) is 0 Å². The average molecular weight is 266 g/mol. The summed E-state index contributed by atoms with van der Waals surface area (Å²) in [5.41, 5.74) is 0.342. The minimum absolute atomic E-state index is 0.0251. The second kappa shape index (κ2) is 5.82. The van der Waals surface area contributed by atoms with E-state index in [1.165, 1.54) is 32.1 Å². The Morgan fingerprint density at radius 3 is 2.47 bits per heavy atom. The standard InChI is InChI=1S/C16H30N2O/c1-5-13-17-14(12(2)3)15(19)18(13)11-16(4)9-7-6-8-10-16/h12-14,17H,5-11H2,1-4H3. The van der Waals surface area contributed by atoms with E-state index < -0.39 is 0 Å². The van der Waals surface area contributed by atoms with E-state index in [1.807, 2.05) is 0 Å². The molecule has 1 heterocycles. The van der Waals surface area contributed by atoms with Gasteiger partial charge in [-0.1, -0.05) is 47.0 Å². The number of nitrogens with one attached hydrogen (secondary N) is 1. The molecule has 0 aromatic rings. The van der Waals surface area contributed by atoms with Crippen molar-refractivity contribution in [3.05, 3.63) is 0 Å². The topological polar surface area (TPSA) is 32.3 Å². The first kappa shape index (κ1) is 14.8. The third-order valence-corrected chi connectivity index (χ3v) is 4.96. The Balaban J connectivity index is 2.06. The first-order valence-corrected chi connectivity index (χ1v) is 8.03. The van der Waals surface area contributed by atoms with Crippen LogP contribution in [0.2, 0.25) is 0 Å². The molecule has 1 aliphatic heterocycles. The van der Waals surface area contributed by atoms with Gasteiger partial charge in [-0.05, 0) is 30.6 Å². The minimum Gasteiger partial charge on any atom is -0.325 e. The predicted molar refractivity (Wildman–Crippen MR) is 78.7 cm³/mol. The van der Waals surface area contributed by atoms with Gasteiger partial charge < -0.3 is 4.90 Å². The third kappa shape index (κ3) is 3.13. The smallest absolute Gasteiger partial charge is 0.241 e. The lowest BCUT2D eigenvalue weighted by molar-refractivity contribution is -0.132. The summed E-state index contributed by atoms with van der Waals surface area (Å²) < 4.78 is 0. The molecule has 0 spiro atoms. The van der Waals surface area contributed by atoms with E-state index in [0.717, 1.165) is 13.0 Å². The molecule has 0 aromatic carbocycles. The van der Waals surface area contributed by atoms with E-state index in [0.29, 0.717) is 17.2 Å². The van der Waals surface area contributed by atoms with Gasteiger partial charge in [-0.2, -0.15) is 0 Å². The van der Waals surface area contributed by atoms with E-state index in [1.54, 1.807) is 0 Å². The molecule has 2 atom stereocenters. The second-order valence-corrected chi connectivity index (χ2v) is 7.15. The number of nitrogens with zero attached hydrogens (tertiary/aromatic N) is 1. The van der Waals surface area contributed by atoms with Crippen molar-refractivity contribution >= 4 is 5.91 Å². The van der Waals surface area contributed by atoms with E-state index >= 15 is 0 Å². The second-order valence-electron chi connectivity index (χ2n) is 7.15. The van der Waals surface area contributed by atoms with E-state index in [9.17, 15) is 4.79 Å². The van der Waals surface area contributed by atoms with Gasteiger partial charge in [0.15, 0.2) is 0 Å². The summed E-state index contributed by atoms with van der Waals surface area (Å²) >= 11 is 0. The van der Waals surface area contributed by atoms with Crippen molar-refractivity contribution < 1.29 is 4.79 Å². The highest BCUT2D eigenvalue weighted by atomic mass is 16.2. The first-order valence-electron chi connectivity index (χ1n) is 8.03. The Kier molecular flexibility index (Phi) is 4.54. The highest BCUT2D eigenvalue weighted by Crippen LogP contribution is 2.37. The van der Waals surface area contributed by atoms with Crippen LogP contribution >= 0.6 is 0 Å². The highest BCUT2D eigenvalue weighted by Gasteiger charge is 2.42. The number of amides is 1. The lowest BCUT2D eigenvalue weighted by Gasteiger charge is -2.38. The van der Waals surface area contributed by atoms with Crippen LogP contribution in [0.4, 0.5) is 0 Å². The minimum atomic E-state index is 0.0251. The third-order valence-electron chi connectivity index (χ3n) is 4.96. The molecule has 19 heavy (non-hydrogen) atoms. The van der Waals surface area contributed by atoms with Crippen LogP contribution in [0.15, 0.2) is 0 Å². The van der Waals surface area contributed by atoms with Crippen molar-refractivity contribution in [3.63, 3.8) is 0 Å². The average Bonchev–Trinajstić information content (AvgIpc) is 2.67. The molecule has 2 rings (SSSR count). The molecule has 3 heteroatoms. The summed E-state index contributed by atoms with van der Waals surface area (Å²) in [6.45, 7) is 9.75. The Morgan fingerprint density at radius 1 is 1.32 bits per heavy atom. The van der Waals surface area contributed by atoms with Gasteiger partial charge in [-0.15, -0.1) is 0 Å². The van der Waals surface area contributed by atoms with Crippen molar-refractivity contribution in [1.29, 1.82) is 0 Å². The molecular formula is C16H30N2O. The zero-order valence-electron chi connectivity index (χ0n) is 13.0. The summed E-state index contributed by atoms with van der Waals surface area (Å²) in [5, 5.41) is 3.52. The van der Waals surface area contributed by atoms with Gasteiger partial charge in [0.05, 0.1) is 12.2 Å². The quantitative estimate of drug-likeness (QED) is 0.848. The Hall–Kier alpha value is -0.570. The van der Waals surface area contributed by atoms with E-state index in [2.05, 4.69) is 37.9 Å². The SMILES string of the molecule is CCC1NC(C(C)C)C(=O)N1CC1(C)CCCCC1. The zero-order valence-corrected chi connectivity index (χ0v) is 13.0. The van der Waals surface area contributed by atoms with Gasteiger partial charge in [0.1, 0.15) is 0 Å². The Bertz CT molecular complexity index is 321. The largest absolute Gasteiger partial charge is 0.325 e. The van der Waals surface area contributed by atoms with Crippen molar-refractivity contribution in [2.24, 2.45) is 11.3 Å². The maximum Gasteiger partial charge on any atom is 0.241 e. The van der Waals surface area contributed by atoms with Gasteiger partial charge >= 0.3 is 0 Å². The summed E-state index contributed by atoms with van der Waals surface area (Å²) in [5.74, 6) is 0.708. The fourth-order valence-corrected chi connectivity index (χ4v) is 3.68. The van der Waals surface area contributed by atoms with Crippen molar-refractivity contribution in [3.8, 4) is 0 Å². The van der Waals surface area contributed by atoms with Crippen molar-refractivity contribution in [2.45, 2.75) is 78.4 Å². The molecule has 3 nitrogen and oxygen atoms in total. The lowest BCUT2D eigenvalue weighted by Crippen LogP contribution is -2.44. The molecule has 2 fully saturated rings. The predicted octanol–water partition coefficient (Wildman–Crippen LogP) is 3.15. The molecular weight excluding hydrogens is 236 g/mol. The number of carbonyl (C=O) groups excluding carboxylic acids is 1. The zero-order chi connectivity index (χ0) is 14.0. The fraction of sp³-hybridized carbons (Fsp3) is 0.938. The molecule has 1 N–H and O–H groups in total. The molecule has 2 unspecified atom stereocenters. The molecule has 1 saturated heterocycles. The van der Waals surface area contributed by atoms with Crippen molar-refractivity contribution in [2.75, 3.05) is 6.54 Å². The van der Waals surface area contributed by atoms with Gasteiger partial charge in [0, 0.05) is 6.54 Å². The monoisotopic (exact) mass is 266 g/mol. The van der Waals surface area contributed by atoms with Gasteiger partial charge in [0.2, 0.25) is 5.91 Å². The number of hydrogen-bond acceptors (Lipinski definition) is 2. The first-order chi connectivity index (χ1) is 8.97. The molecule has 110 valence electrons. The van der Waals surface area contributed by atoms with E-state index in [4.69, 9.17) is 0 Å². The summed E-state index contributed by atoms with van der Waals surface area (Å²) in [4.78, 5) is 14.7. The number of carbonyl (C=O) groups is 1. The Labute approximate surface area is 118 Å². The highest BCUT2D eigenvalue weighted by molar-refractivity contribution is 5.84. The maximum atomic E-state index is 12.6. The van der Waals surface area contributed by atoms with Crippen LogP contribution in [0, 0.1) is 11.3 Å². The summed E-state index contributed by atoms with van der Waals surface area (Å²) in [6.07, 6.45) is 7.84. The van der Waals surface area contributed by atoms with Crippen LogP contribution in [0.5, 0.6) is 0 Å². The lowest BCUT2D eigenvalue weighted by atomic mass is 9.75. The fourth-order valence-electron chi connectivity index (χ4n) is 3.68. The van der Waals surface area contributed by atoms with Crippen molar-refractivity contribution in [1.82, 2.24) is 10.2 Å². The number of rotatable bonds is 4. The normalized spacial score (nSPS) is 31.2.